The molecule has 4 heteroatoms. The van der Waals surface area contributed by atoms with E-state index in [0.717, 1.165) is 30.6 Å². The molecule has 1 saturated heterocycles. The lowest BCUT2D eigenvalue weighted by Crippen LogP contribution is -2.48. The molecule has 1 aromatic rings. The highest BCUT2D eigenvalue weighted by Gasteiger charge is 2.30. The van der Waals surface area contributed by atoms with Crippen LogP contribution in [0.3, 0.4) is 0 Å². The summed E-state index contributed by atoms with van der Waals surface area (Å²) in [5.74, 6) is 0.289. The average Bonchev–Trinajstić information content (AvgIpc) is 2.54. The molecule has 0 bridgehead atoms. The first kappa shape index (κ1) is 10.6. The fourth-order valence-corrected chi connectivity index (χ4v) is 2.70. The van der Waals surface area contributed by atoms with E-state index in [4.69, 9.17) is 5.41 Å². The van der Waals surface area contributed by atoms with E-state index >= 15 is 0 Å². The highest BCUT2D eigenvalue weighted by Crippen LogP contribution is 2.29. The first-order valence-corrected chi connectivity index (χ1v) is 6.17. The minimum Gasteiger partial charge on any atom is -0.364 e. The van der Waals surface area contributed by atoms with Crippen LogP contribution in [0.5, 0.6) is 0 Å². The zero-order valence-electron chi connectivity index (χ0n) is 9.67. The molecular weight excluding hydrogens is 217 g/mol. The predicted molar refractivity (Wildman–Crippen MR) is 65.8 cm³/mol. The molecular formula is C13H16FN3. The molecule has 3 rings (SSSR count). The van der Waals surface area contributed by atoms with Crippen molar-refractivity contribution < 1.29 is 4.39 Å². The van der Waals surface area contributed by atoms with Gasteiger partial charge >= 0.3 is 0 Å². The van der Waals surface area contributed by atoms with Gasteiger partial charge in [-0.3, -0.25) is 5.41 Å². The minimum atomic E-state index is -0.244. The lowest BCUT2D eigenvalue weighted by atomic mass is 10.1. The van der Waals surface area contributed by atoms with Crippen LogP contribution in [0.4, 0.5) is 10.1 Å². The van der Waals surface area contributed by atoms with Gasteiger partial charge in [0.1, 0.15) is 17.8 Å². The van der Waals surface area contributed by atoms with Gasteiger partial charge in [-0.2, -0.15) is 0 Å². The highest BCUT2D eigenvalue weighted by atomic mass is 19.1. The van der Waals surface area contributed by atoms with Gasteiger partial charge in [-0.15, -0.1) is 0 Å². The Labute approximate surface area is 100 Å². The molecule has 0 radical (unpaired) electrons. The Hall–Kier alpha value is -1.58. The summed E-state index contributed by atoms with van der Waals surface area (Å²) in [4.78, 5) is 2.10. The molecule has 17 heavy (non-hydrogen) atoms. The standard InChI is InChI=1S/C13H16FN3/c14-9-5-6-10-11(8-9)16-12-4-2-1-3-7-17(12)13(10)15/h5-6,8,12,15-16H,1-4,7H2. The van der Waals surface area contributed by atoms with Crippen molar-refractivity contribution in [3.8, 4) is 0 Å². The van der Waals surface area contributed by atoms with Crippen LogP contribution in [0, 0.1) is 11.2 Å². The van der Waals surface area contributed by atoms with Crippen LogP contribution in [0.15, 0.2) is 18.2 Å². The van der Waals surface area contributed by atoms with E-state index in [9.17, 15) is 4.39 Å². The largest absolute Gasteiger partial charge is 0.364 e. The molecule has 0 saturated carbocycles. The SMILES string of the molecule is N=C1c2ccc(F)cc2NC2CCCCCN12. The van der Waals surface area contributed by atoms with Crippen molar-refractivity contribution in [3.05, 3.63) is 29.6 Å². The fourth-order valence-electron chi connectivity index (χ4n) is 2.70. The van der Waals surface area contributed by atoms with Crippen LogP contribution >= 0.6 is 0 Å². The van der Waals surface area contributed by atoms with E-state index in [2.05, 4.69) is 10.2 Å². The monoisotopic (exact) mass is 233 g/mol. The molecule has 0 spiro atoms. The summed E-state index contributed by atoms with van der Waals surface area (Å²) < 4.78 is 13.2. The van der Waals surface area contributed by atoms with E-state index < -0.39 is 0 Å². The van der Waals surface area contributed by atoms with Crippen LogP contribution in [-0.2, 0) is 0 Å². The van der Waals surface area contributed by atoms with Gasteiger partial charge in [-0.1, -0.05) is 6.42 Å². The maximum Gasteiger partial charge on any atom is 0.131 e. The van der Waals surface area contributed by atoms with Gasteiger partial charge < -0.3 is 10.2 Å². The summed E-state index contributed by atoms with van der Waals surface area (Å²) in [5.41, 5.74) is 1.57. The van der Waals surface area contributed by atoms with Gasteiger partial charge in [0.05, 0.1) is 0 Å². The van der Waals surface area contributed by atoms with Crippen LogP contribution in [0.2, 0.25) is 0 Å². The van der Waals surface area contributed by atoms with Crippen molar-refractivity contribution in [3.63, 3.8) is 0 Å². The molecule has 2 aliphatic heterocycles. The number of benzene rings is 1. The van der Waals surface area contributed by atoms with Crippen LogP contribution in [0.25, 0.3) is 0 Å². The summed E-state index contributed by atoms with van der Waals surface area (Å²) in [7, 11) is 0. The van der Waals surface area contributed by atoms with Gasteiger partial charge in [-0.25, -0.2) is 4.39 Å². The summed E-state index contributed by atoms with van der Waals surface area (Å²) in [6.07, 6.45) is 4.72. The second-order valence-corrected chi connectivity index (χ2v) is 4.74. The molecule has 2 heterocycles. The third-order valence-corrected chi connectivity index (χ3v) is 3.60. The van der Waals surface area contributed by atoms with Crippen molar-refractivity contribution in [1.82, 2.24) is 4.90 Å². The third-order valence-electron chi connectivity index (χ3n) is 3.60. The van der Waals surface area contributed by atoms with Gasteiger partial charge in [-0.05, 0) is 37.5 Å². The van der Waals surface area contributed by atoms with Gasteiger partial charge in [0.25, 0.3) is 0 Å². The van der Waals surface area contributed by atoms with Crippen molar-refractivity contribution >= 4 is 11.5 Å². The van der Waals surface area contributed by atoms with Gasteiger partial charge in [0.2, 0.25) is 0 Å². The van der Waals surface area contributed by atoms with Gasteiger partial charge in [0, 0.05) is 17.8 Å². The summed E-state index contributed by atoms with van der Waals surface area (Å²) in [6, 6.07) is 4.61. The molecule has 0 aromatic heterocycles. The first-order chi connectivity index (χ1) is 8.25. The van der Waals surface area contributed by atoms with Crippen molar-refractivity contribution in [2.24, 2.45) is 0 Å². The molecule has 3 nitrogen and oxygen atoms in total. The zero-order chi connectivity index (χ0) is 11.8. The Morgan fingerprint density at radius 1 is 1.29 bits per heavy atom. The number of amidine groups is 1. The maximum atomic E-state index is 13.2. The second kappa shape index (κ2) is 4.02. The predicted octanol–water partition coefficient (Wildman–Crippen LogP) is 2.78. The number of fused-ring (bicyclic) bond motifs is 2. The van der Waals surface area contributed by atoms with E-state index in [0.29, 0.717) is 5.84 Å². The topological polar surface area (TPSA) is 39.1 Å². The highest BCUT2D eigenvalue weighted by molar-refractivity contribution is 6.03. The smallest absolute Gasteiger partial charge is 0.131 e. The number of nitrogens with zero attached hydrogens (tertiary/aromatic N) is 1. The Kier molecular flexibility index (Phi) is 2.50. The molecule has 1 atom stereocenters. The quantitative estimate of drug-likeness (QED) is 0.723. The van der Waals surface area contributed by atoms with E-state index in [-0.39, 0.29) is 12.0 Å². The lowest BCUT2D eigenvalue weighted by molar-refractivity contribution is 0.337. The Balaban J connectivity index is 2.00. The van der Waals surface area contributed by atoms with Crippen LogP contribution in [0.1, 0.15) is 31.2 Å². The summed E-state index contributed by atoms with van der Waals surface area (Å²) in [6.45, 7) is 0.924. The average molecular weight is 233 g/mol. The summed E-state index contributed by atoms with van der Waals surface area (Å²) in [5, 5.41) is 11.6. The molecule has 0 amide bonds. The number of nitrogens with one attached hydrogen (secondary N) is 2. The fraction of sp³-hybridized carbons (Fsp3) is 0.462. The second-order valence-electron chi connectivity index (χ2n) is 4.74. The maximum absolute atomic E-state index is 13.2. The number of halogens is 1. The van der Waals surface area contributed by atoms with E-state index in [1.165, 1.54) is 25.0 Å². The van der Waals surface area contributed by atoms with Gasteiger partial charge in [0.15, 0.2) is 0 Å². The van der Waals surface area contributed by atoms with E-state index in [1.54, 1.807) is 6.07 Å². The summed E-state index contributed by atoms with van der Waals surface area (Å²) >= 11 is 0. The molecule has 0 aliphatic carbocycles. The normalized spacial score (nSPS) is 23.5. The molecule has 2 N–H and O–H groups in total. The Morgan fingerprint density at radius 3 is 3.06 bits per heavy atom. The molecule has 90 valence electrons. The van der Waals surface area contributed by atoms with Crippen molar-refractivity contribution in [2.45, 2.75) is 31.8 Å². The molecule has 2 aliphatic rings. The third kappa shape index (κ3) is 1.77. The lowest BCUT2D eigenvalue weighted by Gasteiger charge is -2.38. The Morgan fingerprint density at radius 2 is 2.18 bits per heavy atom. The Bertz CT molecular complexity index is 458. The minimum absolute atomic E-state index is 0.166. The molecule has 1 aromatic carbocycles. The first-order valence-electron chi connectivity index (χ1n) is 6.17. The number of hydrogen-bond acceptors (Lipinski definition) is 2. The van der Waals surface area contributed by atoms with Crippen molar-refractivity contribution in [2.75, 3.05) is 11.9 Å². The van der Waals surface area contributed by atoms with Crippen molar-refractivity contribution in [1.29, 1.82) is 5.41 Å². The van der Waals surface area contributed by atoms with Crippen LogP contribution in [-0.4, -0.2) is 23.4 Å². The number of anilines is 1. The zero-order valence-corrected chi connectivity index (χ0v) is 9.67. The number of rotatable bonds is 0. The van der Waals surface area contributed by atoms with Crippen LogP contribution < -0.4 is 5.32 Å². The number of hydrogen-bond donors (Lipinski definition) is 2. The molecule has 1 unspecified atom stereocenters. The van der Waals surface area contributed by atoms with E-state index in [1.807, 2.05) is 0 Å². The molecule has 1 fully saturated rings.